The van der Waals surface area contributed by atoms with E-state index in [1.165, 1.54) is 18.4 Å². The first-order chi connectivity index (χ1) is 14.5. The maximum absolute atomic E-state index is 13.0. The number of carbonyl (C=O) groups is 2. The molecule has 0 saturated heterocycles. The van der Waals surface area contributed by atoms with Gasteiger partial charge in [-0.1, -0.05) is 22.9 Å². The van der Waals surface area contributed by atoms with Crippen LogP contribution in [0, 0.1) is 13.8 Å². The van der Waals surface area contributed by atoms with Gasteiger partial charge in [0.2, 0.25) is 0 Å². The number of aromatic nitrogens is 1. The Kier molecular flexibility index (Phi) is 5.59. The van der Waals surface area contributed by atoms with Crippen molar-refractivity contribution in [2.24, 2.45) is 0 Å². The Labute approximate surface area is 178 Å². The molecular weight excluding hydrogens is 404 g/mol. The number of fused-ring (bicyclic) bond motifs is 1. The van der Waals surface area contributed by atoms with E-state index in [1.54, 1.807) is 6.92 Å². The average molecular weight is 426 g/mol. The first-order valence-corrected chi connectivity index (χ1v) is 10.5. The topological polar surface area (TPSA) is 90.7 Å². The van der Waals surface area contributed by atoms with Crippen LogP contribution < -0.4 is 10.1 Å². The van der Waals surface area contributed by atoms with Crippen molar-refractivity contribution in [2.45, 2.75) is 39.7 Å². The quantitative estimate of drug-likeness (QED) is 0.585. The number of nitrogens with zero attached hydrogens (tertiary/aromatic N) is 1. The number of hydrogen-bond donors (Lipinski definition) is 1. The number of thiophene rings is 1. The van der Waals surface area contributed by atoms with Crippen LogP contribution in [0.2, 0.25) is 0 Å². The molecule has 2 aromatic heterocycles. The van der Waals surface area contributed by atoms with Crippen LogP contribution in [0.4, 0.5) is 5.00 Å². The molecule has 0 unspecified atom stereocenters. The minimum Gasteiger partial charge on any atom is -0.489 e. The van der Waals surface area contributed by atoms with Gasteiger partial charge in [-0.2, -0.15) is 0 Å². The Hall–Kier alpha value is -3.13. The number of methoxy groups -OCH3 is 1. The van der Waals surface area contributed by atoms with Crippen LogP contribution in [0.25, 0.3) is 0 Å². The number of carbonyl (C=O) groups excluding carboxylic acids is 2. The largest absolute Gasteiger partial charge is 0.489 e. The summed E-state index contributed by atoms with van der Waals surface area (Å²) in [5.41, 5.74) is 3.26. The SMILES string of the molecule is COC(=O)c1c(NC(=O)c2noc(C)c2COc2ccc(C)cc2)sc2c1CCC2. The second-order valence-electron chi connectivity index (χ2n) is 7.17. The van der Waals surface area contributed by atoms with E-state index in [0.717, 1.165) is 35.3 Å². The van der Waals surface area contributed by atoms with E-state index >= 15 is 0 Å². The predicted octanol–water partition coefficient (Wildman–Crippen LogP) is 4.46. The van der Waals surface area contributed by atoms with E-state index in [2.05, 4.69) is 10.5 Å². The molecule has 1 aliphatic carbocycles. The van der Waals surface area contributed by atoms with Gasteiger partial charge in [-0.15, -0.1) is 11.3 Å². The molecule has 0 saturated carbocycles. The van der Waals surface area contributed by atoms with E-state index in [1.807, 2.05) is 31.2 Å². The molecule has 1 N–H and O–H groups in total. The van der Waals surface area contributed by atoms with Crippen LogP contribution >= 0.6 is 11.3 Å². The van der Waals surface area contributed by atoms with Gasteiger partial charge < -0.3 is 19.3 Å². The summed E-state index contributed by atoms with van der Waals surface area (Å²) in [6.07, 6.45) is 2.71. The van der Waals surface area contributed by atoms with Crippen LogP contribution in [-0.2, 0) is 24.2 Å². The number of amides is 1. The highest BCUT2D eigenvalue weighted by molar-refractivity contribution is 7.17. The monoisotopic (exact) mass is 426 g/mol. The summed E-state index contributed by atoms with van der Waals surface area (Å²) < 4.78 is 16.0. The van der Waals surface area contributed by atoms with Crippen LogP contribution in [0.15, 0.2) is 28.8 Å². The zero-order valence-corrected chi connectivity index (χ0v) is 17.9. The van der Waals surface area contributed by atoms with Crippen molar-refractivity contribution in [3.05, 3.63) is 62.9 Å². The number of ether oxygens (including phenoxy) is 2. The highest BCUT2D eigenvalue weighted by Gasteiger charge is 2.29. The smallest absolute Gasteiger partial charge is 0.341 e. The van der Waals surface area contributed by atoms with Crippen molar-refractivity contribution < 1.29 is 23.6 Å². The van der Waals surface area contributed by atoms with Crippen molar-refractivity contribution in [1.29, 1.82) is 0 Å². The van der Waals surface area contributed by atoms with E-state index in [0.29, 0.717) is 27.6 Å². The highest BCUT2D eigenvalue weighted by atomic mass is 32.1. The Balaban J connectivity index is 1.55. The van der Waals surface area contributed by atoms with Crippen molar-refractivity contribution in [3.63, 3.8) is 0 Å². The van der Waals surface area contributed by atoms with Crippen LogP contribution in [0.1, 0.15) is 54.6 Å². The maximum atomic E-state index is 13.0. The van der Waals surface area contributed by atoms with Crippen molar-refractivity contribution in [3.8, 4) is 5.75 Å². The van der Waals surface area contributed by atoms with Crippen LogP contribution in [0.5, 0.6) is 5.75 Å². The normalized spacial score (nSPS) is 12.5. The Morgan fingerprint density at radius 1 is 1.20 bits per heavy atom. The number of nitrogens with one attached hydrogen (secondary N) is 1. The molecule has 8 heteroatoms. The van der Waals surface area contributed by atoms with E-state index in [9.17, 15) is 9.59 Å². The summed E-state index contributed by atoms with van der Waals surface area (Å²) in [5.74, 6) is 0.313. The standard InChI is InChI=1S/C22H22N2O5S/c1-12-7-9-14(10-8-12)28-11-16-13(2)29-24-19(16)20(25)23-21-18(22(26)27-3)15-5-4-6-17(15)30-21/h7-10H,4-6,11H2,1-3H3,(H,23,25). The lowest BCUT2D eigenvalue weighted by Crippen LogP contribution is -2.17. The van der Waals surface area contributed by atoms with E-state index in [-0.39, 0.29) is 12.3 Å². The van der Waals surface area contributed by atoms with E-state index < -0.39 is 11.9 Å². The van der Waals surface area contributed by atoms with Gasteiger partial charge in [-0.05, 0) is 50.8 Å². The Morgan fingerprint density at radius 2 is 1.97 bits per heavy atom. The van der Waals surface area contributed by atoms with Gasteiger partial charge in [-0.25, -0.2) is 4.79 Å². The predicted molar refractivity (Wildman–Crippen MR) is 112 cm³/mol. The Bertz CT molecular complexity index is 1100. The van der Waals surface area contributed by atoms with Crippen molar-refractivity contribution in [2.75, 3.05) is 12.4 Å². The Morgan fingerprint density at radius 3 is 2.70 bits per heavy atom. The summed E-state index contributed by atoms with van der Waals surface area (Å²) in [4.78, 5) is 26.4. The fourth-order valence-electron chi connectivity index (χ4n) is 3.50. The molecule has 4 rings (SSSR count). The van der Waals surface area contributed by atoms with Gasteiger partial charge in [0, 0.05) is 4.88 Å². The lowest BCUT2D eigenvalue weighted by Gasteiger charge is -2.08. The number of esters is 1. The second-order valence-corrected chi connectivity index (χ2v) is 8.28. The molecule has 2 heterocycles. The van der Waals surface area contributed by atoms with Crippen LogP contribution in [-0.4, -0.2) is 24.1 Å². The summed E-state index contributed by atoms with van der Waals surface area (Å²) in [6, 6.07) is 7.64. The molecule has 0 bridgehead atoms. The molecule has 0 spiro atoms. The second kappa shape index (κ2) is 8.31. The lowest BCUT2D eigenvalue weighted by atomic mass is 10.1. The number of aryl methyl sites for hydroxylation is 3. The van der Waals surface area contributed by atoms with Crippen LogP contribution in [0.3, 0.4) is 0 Å². The fraction of sp³-hybridized carbons (Fsp3) is 0.318. The number of rotatable bonds is 6. The number of hydrogen-bond acceptors (Lipinski definition) is 7. The third-order valence-corrected chi connectivity index (χ3v) is 6.35. The summed E-state index contributed by atoms with van der Waals surface area (Å²) >= 11 is 1.42. The first-order valence-electron chi connectivity index (χ1n) is 9.66. The van der Waals surface area contributed by atoms with Gasteiger partial charge in [0.25, 0.3) is 5.91 Å². The molecule has 1 amide bonds. The average Bonchev–Trinajstić information content (AvgIpc) is 3.41. The van der Waals surface area contributed by atoms with Gasteiger partial charge >= 0.3 is 5.97 Å². The fourth-order valence-corrected chi connectivity index (χ4v) is 4.77. The van der Waals surface area contributed by atoms with Gasteiger partial charge in [0.05, 0.1) is 18.2 Å². The lowest BCUT2D eigenvalue weighted by molar-refractivity contribution is 0.0601. The molecular formula is C22H22N2O5S. The number of anilines is 1. The van der Waals surface area contributed by atoms with Gasteiger partial charge in [0.1, 0.15) is 23.1 Å². The molecule has 0 fully saturated rings. The molecule has 0 aliphatic heterocycles. The molecule has 7 nitrogen and oxygen atoms in total. The molecule has 0 atom stereocenters. The minimum absolute atomic E-state index is 0.143. The molecule has 0 radical (unpaired) electrons. The van der Waals surface area contributed by atoms with Crippen molar-refractivity contribution >= 4 is 28.2 Å². The van der Waals surface area contributed by atoms with E-state index in [4.69, 9.17) is 14.0 Å². The zero-order chi connectivity index (χ0) is 21.3. The summed E-state index contributed by atoms with van der Waals surface area (Å²) in [6.45, 7) is 3.88. The number of benzene rings is 1. The first kappa shape index (κ1) is 20.2. The van der Waals surface area contributed by atoms with Gasteiger partial charge in [0.15, 0.2) is 5.69 Å². The van der Waals surface area contributed by atoms with Gasteiger partial charge in [-0.3, -0.25) is 4.79 Å². The molecule has 3 aromatic rings. The minimum atomic E-state index is -0.445. The summed E-state index contributed by atoms with van der Waals surface area (Å²) in [5, 5.41) is 7.24. The molecule has 1 aromatic carbocycles. The third-order valence-electron chi connectivity index (χ3n) is 5.14. The molecule has 1 aliphatic rings. The van der Waals surface area contributed by atoms with Crippen molar-refractivity contribution in [1.82, 2.24) is 5.16 Å². The summed E-state index contributed by atoms with van der Waals surface area (Å²) in [7, 11) is 1.34. The molecule has 30 heavy (non-hydrogen) atoms. The molecule has 156 valence electrons. The zero-order valence-electron chi connectivity index (χ0n) is 17.0. The third kappa shape index (κ3) is 3.82. The maximum Gasteiger partial charge on any atom is 0.341 e. The highest BCUT2D eigenvalue weighted by Crippen LogP contribution is 2.39.